The molecule has 0 radical (unpaired) electrons. The summed E-state index contributed by atoms with van der Waals surface area (Å²) in [6, 6.07) is 17.7. The van der Waals surface area contributed by atoms with Crippen LogP contribution in [0, 0.1) is 0 Å². The Labute approximate surface area is 230 Å². The predicted octanol–water partition coefficient (Wildman–Crippen LogP) is 4.51. The van der Waals surface area contributed by atoms with Gasteiger partial charge in [-0.3, -0.25) is 14.9 Å². The lowest BCUT2D eigenvalue weighted by molar-refractivity contribution is -0.157. The second-order valence-corrected chi connectivity index (χ2v) is 10.9. The second-order valence-electron chi connectivity index (χ2n) is 9.86. The van der Waals surface area contributed by atoms with Crippen molar-refractivity contribution in [1.29, 1.82) is 0 Å². The van der Waals surface area contributed by atoms with Crippen LogP contribution in [0.15, 0.2) is 60.7 Å². The summed E-state index contributed by atoms with van der Waals surface area (Å²) >= 11 is 1.48. The molecule has 38 heavy (non-hydrogen) atoms. The zero-order chi connectivity index (χ0) is 28.0. The lowest BCUT2D eigenvalue weighted by atomic mass is 10.1. The maximum absolute atomic E-state index is 12.6. The summed E-state index contributed by atoms with van der Waals surface area (Å²) in [7, 11) is 0. The number of carbonyl (C=O) groups excluding carboxylic acids is 3. The zero-order valence-electron chi connectivity index (χ0n) is 22.9. The normalized spacial score (nSPS) is 13.6. The van der Waals surface area contributed by atoms with E-state index < -0.39 is 35.7 Å². The van der Waals surface area contributed by atoms with E-state index in [0.29, 0.717) is 17.9 Å². The number of hydrogen-bond donors (Lipinski definition) is 2. The molecule has 3 atom stereocenters. The molecular weight excluding hydrogens is 504 g/mol. The first-order chi connectivity index (χ1) is 18.1. The van der Waals surface area contributed by atoms with Crippen molar-refractivity contribution in [1.82, 2.24) is 10.6 Å². The molecule has 8 nitrogen and oxygen atoms in total. The number of amides is 1. The number of ether oxygens (including phenoxy) is 3. The van der Waals surface area contributed by atoms with Crippen LogP contribution in [-0.2, 0) is 36.8 Å². The first kappa shape index (κ1) is 31.2. The Balaban J connectivity index is 1.99. The highest BCUT2D eigenvalue weighted by molar-refractivity contribution is 7.99. The topological polar surface area (TPSA) is 103 Å². The van der Waals surface area contributed by atoms with Crippen molar-refractivity contribution in [3.05, 3.63) is 71.8 Å². The number of carbonyl (C=O) groups is 3. The molecule has 1 unspecified atom stereocenters. The number of alkyl carbamates (subject to hydrolysis) is 1. The van der Waals surface area contributed by atoms with Crippen LogP contribution in [0.3, 0.4) is 0 Å². The smallest absolute Gasteiger partial charge is 0.407 e. The van der Waals surface area contributed by atoms with E-state index in [1.807, 2.05) is 60.7 Å². The van der Waals surface area contributed by atoms with Gasteiger partial charge in [-0.2, -0.15) is 11.8 Å². The fourth-order valence-electron chi connectivity index (χ4n) is 3.50. The summed E-state index contributed by atoms with van der Waals surface area (Å²) in [5.41, 5.74) is 1.34. The minimum atomic E-state index is -0.718. The minimum absolute atomic E-state index is 0.176. The van der Waals surface area contributed by atoms with E-state index in [2.05, 4.69) is 10.6 Å². The van der Waals surface area contributed by atoms with Gasteiger partial charge in [0.2, 0.25) is 0 Å². The lowest BCUT2D eigenvalue weighted by Gasteiger charge is -2.25. The average Bonchev–Trinajstić information content (AvgIpc) is 2.87. The molecule has 1 amide bonds. The van der Waals surface area contributed by atoms with Crippen molar-refractivity contribution in [3.8, 4) is 0 Å². The highest BCUT2D eigenvalue weighted by Gasteiger charge is 2.28. The van der Waals surface area contributed by atoms with Gasteiger partial charge in [0.15, 0.2) is 0 Å². The molecule has 2 rings (SSSR count). The summed E-state index contributed by atoms with van der Waals surface area (Å²) < 4.78 is 16.1. The van der Waals surface area contributed by atoms with E-state index in [1.54, 1.807) is 34.6 Å². The van der Waals surface area contributed by atoms with Crippen LogP contribution in [0.25, 0.3) is 0 Å². The van der Waals surface area contributed by atoms with Gasteiger partial charge < -0.3 is 19.5 Å². The molecule has 0 heterocycles. The summed E-state index contributed by atoms with van der Waals surface area (Å²) in [4.78, 5) is 37.6. The lowest BCUT2D eigenvalue weighted by Crippen LogP contribution is -2.49. The summed E-state index contributed by atoms with van der Waals surface area (Å²) in [5.74, 6) is -0.0158. The monoisotopic (exact) mass is 544 g/mol. The number of hydrogen-bond acceptors (Lipinski definition) is 8. The third-order valence-electron chi connectivity index (χ3n) is 5.25. The maximum atomic E-state index is 12.6. The molecule has 2 aromatic carbocycles. The van der Waals surface area contributed by atoms with Crippen LogP contribution in [0.2, 0.25) is 0 Å². The first-order valence-electron chi connectivity index (χ1n) is 12.8. The van der Waals surface area contributed by atoms with E-state index in [4.69, 9.17) is 14.2 Å². The van der Waals surface area contributed by atoms with Gasteiger partial charge in [-0.1, -0.05) is 60.7 Å². The van der Waals surface area contributed by atoms with Crippen molar-refractivity contribution in [3.63, 3.8) is 0 Å². The predicted molar refractivity (Wildman–Crippen MR) is 150 cm³/mol. The van der Waals surface area contributed by atoms with Crippen molar-refractivity contribution in [2.24, 2.45) is 0 Å². The molecule has 0 saturated heterocycles. The SMILES string of the molecule is CCOC(=O)[C@H](CSC[C@H](Cc1ccccc1)NC(=O)OCc1ccccc1)NC(C)C(=O)OC(C)(C)C. The Kier molecular flexibility index (Phi) is 13.2. The van der Waals surface area contributed by atoms with Crippen molar-refractivity contribution < 1.29 is 28.6 Å². The van der Waals surface area contributed by atoms with Gasteiger partial charge in [0.1, 0.15) is 24.3 Å². The Morgan fingerprint density at radius 1 is 0.868 bits per heavy atom. The van der Waals surface area contributed by atoms with Crippen LogP contribution in [0.5, 0.6) is 0 Å². The van der Waals surface area contributed by atoms with Crippen LogP contribution in [-0.4, -0.2) is 59.9 Å². The van der Waals surface area contributed by atoms with Gasteiger partial charge in [0.25, 0.3) is 0 Å². The van der Waals surface area contributed by atoms with Crippen molar-refractivity contribution in [2.45, 2.75) is 71.4 Å². The van der Waals surface area contributed by atoms with E-state index >= 15 is 0 Å². The van der Waals surface area contributed by atoms with E-state index in [0.717, 1.165) is 11.1 Å². The first-order valence-corrected chi connectivity index (χ1v) is 14.0. The third kappa shape index (κ3) is 12.5. The van der Waals surface area contributed by atoms with E-state index in [1.165, 1.54) is 11.8 Å². The van der Waals surface area contributed by atoms with Crippen LogP contribution < -0.4 is 10.6 Å². The van der Waals surface area contributed by atoms with Gasteiger partial charge in [-0.05, 0) is 52.2 Å². The standard InChI is InChI=1S/C29H40N2O6S/c1-6-35-27(33)25(30-21(2)26(32)37-29(3,4)5)20-38-19-24(17-22-13-9-7-10-14-22)31-28(34)36-18-23-15-11-8-12-16-23/h7-16,21,24-25,30H,6,17-20H2,1-5H3,(H,31,34)/t21?,24-,25-/m0/s1. The zero-order valence-corrected chi connectivity index (χ0v) is 23.7. The Bertz CT molecular complexity index is 997. The van der Waals surface area contributed by atoms with Crippen LogP contribution in [0.4, 0.5) is 4.79 Å². The van der Waals surface area contributed by atoms with Gasteiger partial charge >= 0.3 is 18.0 Å². The molecule has 9 heteroatoms. The molecule has 208 valence electrons. The van der Waals surface area contributed by atoms with Crippen molar-refractivity contribution >= 4 is 29.8 Å². The highest BCUT2D eigenvalue weighted by Crippen LogP contribution is 2.14. The fourth-order valence-corrected chi connectivity index (χ4v) is 4.59. The third-order valence-corrected chi connectivity index (χ3v) is 6.45. The fraction of sp³-hybridized carbons (Fsp3) is 0.483. The quantitative estimate of drug-likeness (QED) is 0.265. The summed E-state index contributed by atoms with van der Waals surface area (Å²) in [6.07, 6.45) is 0.0918. The molecule has 0 aliphatic heterocycles. The molecule has 2 N–H and O–H groups in total. The highest BCUT2D eigenvalue weighted by atomic mass is 32.2. The summed E-state index contributed by atoms with van der Waals surface area (Å²) in [5, 5.41) is 6.00. The molecule has 0 saturated carbocycles. The minimum Gasteiger partial charge on any atom is -0.465 e. The summed E-state index contributed by atoms with van der Waals surface area (Å²) in [6.45, 7) is 9.18. The van der Waals surface area contributed by atoms with Gasteiger partial charge in [-0.25, -0.2) is 4.79 Å². The molecule has 2 aromatic rings. The van der Waals surface area contributed by atoms with E-state index in [9.17, 15) is 14.4 Å². The Hall–Kier alpha value is -3.04. The number of thioether (sulfide) groups is 1. The van der Waals surface area contributed by atoms with Gasteiger partial charge in [0, 0.05) is 17.5 Å². The number of nitrogens with one attached hydrogen (secondary N) is 2. The Morgan fingerprint density at radius 2 is 1.47 bits per heavy atom. The molecule has 0 aromatic heterocycles. The molecule has 0 spiro atoms. The molecule has 0 aliphatic rings. The molecular formula is C29H40N2O6S. The van der Waals surface area contributed by atoms with Gasteiger partial charge in [-0.15, -0.1) is 0 Å². The number of rotatable bonds is 14. The maximum Gasteiger partial charge on any atom is 0.407 e. The van der Waals surface area contributed by atoms with Gasteiger partial charge in [0.05, 0.1) is 6.61 Å². The largest absolute Gasteiger partial charge is 0.465 e. The average molecular weight is 545 g/mol. The van der Waals surface area contributed by atoms with E-state index in [-0.39, 0.29) is 19.3 Å². The molecule has 0 fully saturated rings. The molecule has 0 bridgehead atoms. The van der Waals surface area contributed by atoms with Crippen LogP contribution >= 0.6 is 11.8 Å². The number of esters is 2. The Morgan fingerprint density at radius 3 is 2.05 bits per heavy atom. The number of benzene rings is 2. The second kappa shape index (κ2) is 16.0. The molecule has 0 aliphatic carbocycles. The van der Waals surface area contributed by atoms with Crippen LogP contribution in [0.1, 0.15) is 45.7 Å². The van der Waals surface area contributed by atoms with Crippen molar-refractivity contribution in [2.75, 3.05) is 18.1 Å².